The summed E-state index contributed by atoms with van der Waals surface area (Å²) in [5.74, 6) is -2.91. The summed E-state index contributed by atoms with van der Waals surface area (Å²) >= 11 is 0. The summed E-state index contributed by atoms with van der Waals surface area (Å²) in [7, 11) is 0. The van der Waals surface area contributed by atoms with Crippen molar-refractivity contribution >= 4 is 0 Å². The molecule has 0 nitrogen and oxygen atoms in total. The van der Waals surface area contributed by atoms with E-state index in [0.717, 1.165) is 32.1 Å². The van der Waals surface area contributed by atoms with Crippen molar-refractivity contribution in [1.29, 1.82) is 0 Å². The van der Waals surface area contributed by atoms with Crippen molar-refractivity contribution in [3.05, 3.63) is 95.6 Å². The van der Waals surface area contributed by atoms with Gasteiger partial charge < -0.3 is 0 Å². The first-order valence-electron chi connectivity index (χ1n) is 11.6. The lowest BCUT2D eigenvalue weighted by molar-refractivity contribution is 0.364. The van der Waals surface area contributed by atoms with E-state index in [9.17, 15) is 13.2 Å². The molecule has 1 fully saturated rings. The Labute approximate surface area is 193 Å². The molecular formula is C29H28F4. The van der Waals surface area contributed by atoms with Crippen LogP contribution in [0.5, 0.6) is 0 Å². The van der Waals surface area contributed by atoms with Gasteiger partial charge in [-0.05, 0) is 66.2 Å². The van der Waals surface area contributed by atoms with Crippen LogP contribution in [0.1, 0.15) is 56.1 Å². The van der Waals surface area contributed by atoms with Gasteiger partial charge in [-0.2, -0.15) is 0 Å². The normalized spacial score (nSPS) is 18.3. The lowest BCUT2D eigenvalue weighted by Gasteiger charge is -2.27. The first-order valence-corrected chi connectivity index (χ1v) is 11.6. The van der Waals surface area contributed by atoms with Crippen LogP contribution in [0.3, 0.4) is 0 Å². The maximum atomic E-state index is 15.0. The Morgan fingerprint density at radius 3 is 1.82 bits per heavy atom. The molecule has 0 amide bonds. The van der Waals surface area contributed by atoms with Crippen LogP contribution in [0.4, 0.5) is 17.6 Å². The van der Waals surface area contributed by atoms with E-state index in [1.807, 2.05) is 13.0 Å². The van der Waals surface area contributed by atoms with Crippen molar-refractivity contribution in [2.24, 2.45) is 5.92 Å². The number of hydrogen-bond donors (Lipinski definition) is 0. The smallest absolute Gasteiger partial charge is 0.166 e. The van der Waals surface area contributed by atoms with E-state index >= 15 is 4.39 Å². The molecule has 1 aliphatic rings. The van der Waals surface area contributed by atoms with Gasteiger partial charge in [0.1, 0.15) is 0 Å². The molecule has 0 aliphatic heterocycles. The minimum atomic E-state index is -0.888. The first-order chi connectivity index (χ1) is 15.9. The summed E-state index contributed by atoms with van der Waals surface area (Å²) in [6, 6.07) is 12.9. The van der Waals surface area contributed by atoms with Crippen LogP contribution in [-0.2, 0) is 6.42 Å². The number of aryl methyl sites for hydroxylation is 1. The van der Waals surface area contributed by atoms with Crippen LogP contribution < -0.4 is 0 Å². The molecule has 0 heterocycles. The van der Waals surface area contributed by atoms with Gasteiger partial charge in [-0.1, -0.05) is 68.0 Å². The Hall–Kier alpha value is -2.88. The summed E-state index contributed by atoms with van der Waals surface area (Å²) < 4.78 is 58.9. The van der Waals surface area contributed by atoms with Gasteiger partial charge in [0.15, 0.2) is 23.3 Å². The highest BCUT2D eigenvalue weighted by Gasteiger charge is 2.25. The number of benzene rings is 3. The fourth-order valence-corrected chi connectivity index (χ4v) is 4.87. The van der Waals surface area contributed by atoms with Crippen LogP contribution in [0.2, 0.25) is 0 Å². The highest BCUT2D eigenvalue weighted by atomic mass is 19.2. The van der Waals surface area contributed by atoms with Gasteiger partial charge in [-0.15, -0.1) is 6.58 Å². The summed E-state index contributed by atoms with van der Waals surface area (Å²) in [4.78, 5) is 0. The largest absolute Gasteiger partial charge is 0.203 e. The van der Waals surface area contributed by atoms with E-state index in [2.05, 4.69) is 6.58 Å². The summed E-state index contributed by atoms with van der Waals surface area (Å²) in [5.41, 5.74) is 2.06. The monoisotopic (exact) mass is 452 g/mol. The van der Waals surface area contributed by atoms with Crippen LogP contribution >= 0.6 is 0 Å². The number of rotatable bonds is 6. The van der Waals surface area contributed by atoms with Crippen LogP contribution in [0, 0.1) is 29.2 Å². The predicted molar refractivity (Wildman–Crippen MR) is 126 cm³/mol. The average Bonchev–Trinajstić information content (AvgIpc) is 2.84. The molecule has 33 heavy (non-hydrogen) atoms. The molecule has 1 saturated carbocycles. The molecule has 0 spiro atoms. The van der Waals surface area contributed by atoms with E-state index in [0.29, 0.717) is 34.6 Å². The van der Waals surface area contributed by atoms with Gasteiger partial charge in [-0.25, -0.2) is 17.6 Å². The van der Waals surface area contributed by atoms with Crippen molar-refractivity contribution < 1.29 is 17.6 Å². The van der Waals surface area contributed by atoms with Crippen molar-refractivity contribution in [3.8, 4) is 22.3 Å². The molecular weight excluding hydrogens is 424 g/mol. The standard InChI is InChI=1S/C29H28F4/c1-3-5-22-14-15-23(27(31)26(22)30)20-10-12-21(13-11-20)25-17-16-24(28(32)29(25)33)19-8-6-18(4-2)7-9-19/h4,10-19H,2-3,5-9H2,1H3. The second-order valence-corrected chi connectivity index (χ2v) is 8.91. The topological polar surface area (TPSA) is 0 Å². The zero-order valence-corrected chi connectivity index (χ0v) is 18.8. The minimum Gasteiger partial charge on any atom is -0.203 e. The van der Waals surface area contributed by atoms with E-state index in [1.165, 1.54) is 0 Å². The Morgan fingerprint density at radius 1 is 0.727 bits per heavy atom. The molecule has 0 N–H and O–H groups in total. The second kappa shape index (κ2) is 9.94. The zero-order chi connectivity index (χ0) is 23.5. The highest BCUT2D eigenvalue weighted by Crippen LogP contribution is 2.39. The van der Waals surface area contributed by atoms with Crippen molar-refractivity contribution in [2.75, 3.05) is 0 Å². The SMILES string of the molecule is C=CC1CCC(c2ccc(-c3ccc(-c4ccc(CCC)c(F)c4F)cc3)c(F)c2F)CC1. The first kappa shape index (κ1) is 23.3. The van der Waals surface area contributed by atoms with E-state index in [1.54, 1.807) is 48.5 Å². The molecule has 3 aromatic rings. The van der Waals surface area contributed by atoms with Gasteiger partial charge in [0.05, 0.1) is 0 Å². The number of halogens is 4. The Bertz CT molecular complexity index is 1140. The van der Waals surface area contributed by atoms with E-state index < -0.39 is 23.3 Å². The fourth-order valence-electron chi connectivity index (χ4n) is 4.87. The minimum absolute atomic E-state index is 0.0145. The van der Waals surface area contributed by atoms with Crippen LogP contribution in [-0.4, -0.2) is 0 Å². The molecule has 1 aliphatic carbocycles. The van der Waals surface area contributed by atoms with Gasteiger partial charge in [-0.3, -0.25) is 0 Å². The van der Waals surface area contributed by atoms with Gasteiger partial charge in [0.25, 0.3) is 0 Å². The molecule has 0 bridgehead atoms. The lowest BCUT2D eigenvalue weighted by atomic mass is 9.78. The van der Waals surface area contributed by atoms with Crippen molar-refractivity contribution in [2.45, 2.75) is 51.4 Å². The molecule has 172 valence electrons. The molecule has 0 aromatic heterocycles. The summed E-state index contributed by atoms with van der Waals surface area (Å²) in [6.45, 7) is 5.74. The Balaban J connectivity index is 1.59. The molecule has 0 atom stereocenters. The van der Waals surface area contributed by atoms with E-state index in [-0.39, 0.29) is 17.0 Å². The lowest BCUT2D eigenvalue weighted by Crippen LogP contribution is -2.13. The zero-order valence-electron chi connectivity index (χ0n) is 18.8. The molecule has 4 heteroatoms. The van der Waals surface area contributed by atoms with Crippen LogP contribution in [0.15, 0.2) is 61.2 Å². The highest BCUT2D eigenvalue weighted by molar-refractivity contribution is 5.71. The van der Waals surface area contributed by atoms with Crippen LogP contribution in [0.25, 0.3) is 22.3 Å². The maximum absolute atomic E-state index is 15.0. The second-order valence-electron chi connectivity index (χ2n) is 8.91. The predicted octanol–water partition coefficient (Wildman–Crippen LogP) is 8.99. The molecule has 3 aromatic carbocycles. The number of allylic oxidation sites excluding steroid dienone is 1. The molecule has 0 unspecified atom stereocenters. The quantitative estimate of drug-likeness (QED) is 0.259. The third kappa shape index (κ3) is 4.62. The molecule has 0 radical (unpaired) electrons. The van der Waals surface area contributed by atoms with Gasteiger partial charge in [0.2, 0.25) is 0 Å². The summed E-state index contributed by atoms with van der Waals surface area (Å²) in [5, 5.41) is 0. The van der Waals surface area contributed by atoms with Crippen molar-refractivity contribution in [3.63, 3.8) is 0 Å². The Morgan fingerprint density at radius 2 is 1.27 bits per heavy atom. The average molecular weight is 453 g/mol. The fraction of sp³-hybridized carbons (Fsp3) is 0.310. The molecule has 0 saturated heterocycles. The summed E-state index contributed by atoms with van der Waals surface area (Å²) in [6.07, 6.45) is 6.66. The third-order valence-electron chi connectivity index (χ3n) is 6.85. The number of hydrogen-bond acceptors (Lipinski definition) is 0. The van der Waals surface area contributed by atoms with Crippen molar-refractivity contribution in [1.82, 2.24) is 0 Å². The Kier molecular flexibility index (Phi) is 7.02. The third-order valence-corrected chi connectivity index (χ3v) is 6.85. The van der Waals surface area contributed by atoms with Gasteiger partial charge >= 0.3 is 0 Å². The maximum Gasteiger partial charge on any atom is 0.166 e. The van der Waals surface area contributed by atoms with Gasteiger partial charge in [0, 0.05) is 11.1 Å². The molecule has 4 rings (SSSR count). The van der Waals surface area contributed by atoms with E-state index in [4.69, 9.17) is 0 Å².